The topological polar surface area (TPSA) is 89.1 Å². The maximum atomic E-state index is 11.1. The van der Waals surface area contributed by atoms with Crippen LogP contribution in [0.25, 0.3) is 27.7 Å². The van der Waals surface area contributed by atoms with E-state index in [9.17, 15) is 4.79 Å². The maximum Gasteiger partial charge on any atom is 0.170 e. The molecular weight excluding hydrogens is 266 g/mol. The molecule has 21 heavy (non-hydrogen) atoms. The van der Waals surface area contributed by atoms with Gasteiger partial charge in [0.15, 0.2) is 12.1 Å². The third-order valence-corrected chi connectivity index (χ3v) is 3.57. The number of aldehydes is 1. The fourth-order valence-corrected chi connectivity index (χ4v) is 2.49. The third kappa shape index (κ3) is 1.69. The molecule has 0 aliphatic rings. The van der Waals surface area contributed by atoms with E-state index in [-0.39, 0.29) is 5.82 Å². The summed E-state index contributed by atoms with van der Waals surface area (Å²) in [5.74, 6) is 0.243. The van der Waals surface area contributed by atoms with E-state index in [1.807, 2.05) is 36.5 Å². The summed E-state index contributed by atoms with van der Waals surface area (Å²) in [7, 11) is 0. The van der Waals surface area contributed by atoms with Crippen molar-refractivity contribution in [3.8, 4) is 11.1 Å². The first-order valence-corrected chi connectivity index (χ1v) is 6.42. The van der Waals surface area contributed by atoms with Crippen LogP contribution in [-0.2, 0) is 0 Å². The number of nitrogens with two attached hydrogens (primary N) is 1. The smallest absolute Gasteiger partial charge is 0.170 e. The average molecular weight is 277 g/mol. The van der Waals surface area contributed by atoms with Gasteiger partial charge in [0, 0.05) is 11.6 Å². The molecule has 0 bridgehead atoms. The molecule has 0 aliphatic heterocycles. The minimum Gasteiger partial charge on any atom is -0.382 e. The number of hydrogen-bond acceptors (Lipinski definition) is 4. The molecule has 0 radical (unpaired) electrons. The van der Waals surface area contributed by atoms with E-state index in [1.54, 1.807) is 10.6 Å². The highest BCUT2D eigenvalue weighted by Gasteiger charge is 2.09. The Labute approximate surface area is 119 Å². The first-order valence-electron chi connectivity index (χ1n) is 6.42. The Morgan fingerprint density at radius 2 is 2.05 bits per heavy atom. The Morgan fingerprint density at radius 3 is 2.90 bits per heavy atom. The quantitative estimate of drug-likeness (QED) is 0.550. The number of fused-ring (bicyclic) bond motifs is 2. The molecule has 3 N–H and O–H groups in total. The summed E-state index contributed by atoms with van der Waals surface area (Å²) in [6, 6.07) is 9.82. The Balaban J connectivity index is 1.94. The zero-order valence-corrected chi connectivity index (χ0v) is 10.9. The van der Waals surface area contributed by atoms with E-state index in [0.29, 0.717) is 11.3 Å². The lowest BCUT2D eigenvalue weighted by Crippen LogP contribution is -1.95. The highest BCUT2D eigenvalue weighted by atomic mass is 16.1. The SMILES string of the molecule is Nc1nc2ccc(-c3ccc4[nH]ncc4c3)cn2c1C=O. The molecule has 3 aromatic heterocycles. The van der Waals surface area contributed by atoms with Crippen molar-refractivity contribution in [2.45, 2.75) is 0 Å². The fraction of sp³-hybridized carbons (Fsp3) is 0. The number of carbonyl (C=O) groups is 1. The molecule has 4 rings (SSSR count). The average Bonchev–Trinajstić information content (AvgIpc) is 3.08. The first-order chi connectivity index (χ1) is 10.3. The van der Waals surface area contributed by atoms with Crippen molar-refractivity contribution in [2.24, 2.45) is 0 Å². The number of nitrogens with one attached hydrogen (secondary N) is 1. The molecule has 0 fully saturated rings. The molecule has 0 spiro atoms. The van der Waals surface area contributed by atoms with Crippen LogP contribution >= 0.6 is 0 Å². The lowest BCUT2D eigenvalue weighted by atomic mass is 10.1. The Bertz CT molecular complexity index is 982. The molecule has 6 heteroatoms. The van der Waals surface area contributed by atoms with Crippen LogP contribution in [-0.4, -0.2) is 25.9 Å². The van der Waals surface area contributed by atoms with Gasteiger partial charge in [-0.15, -0.1) is 0 Å². The van der Waals surface area contributed by atoms with Crippen molar-refractivity contribution < 1.29 is 4.79 Å². The minimum atomic E-state index is 0.243. The molecule has 0 saturated carbocycles. The fourth-order valence-electron chi connectivity index (χ4n) is 2.49. The van der Waals surface area contributed by atoms with Gasteiger partial charge in [-0.05, 0) is 35.4 Å². The molecule has 102 valence electrons. The summed E-state index contributed by atoms with van der Waals surface area (Å²) in [4.78, 5) is 15.3. The van der Waals surface area contributed by atoms with E-state index in [1.165, 1.54) is 0 Å². The number of nitrogens with zero attached hydrogens (tertiary/aromatic N) is 3. The summed E-state index contributed by atoms with van der Waals surface area (Å²) in [6.45, 7) is 0. The van der Waals surface area contributed by atoms with E-state index in [4.69, 9.17) is 5.73 Å². The Hall–Kier alpha value is -3.15. The number of rotatable bonds is 2. The molecule has 4 aromatic rings. The predicted molar refractivity (Wildman–Crippen MR) is 80.1 cm³/mol. The number of imidazole rings is 1. The van der Waals surface area contributed by atoms with Crippen LogP contribution in [0.15, 0.2) is 42.7 Å². The van der Waals surface area contributed by atoms with Crippen LogP contribution in [0.3, 0.4) is 0 Å². The van der Waals surface area contributed by atoms with Crippen molar-refractivity contribution in [2.75, 3.05) is 5.73 Å². The second-order valence-electron chi connectivity index (χ2n) is 4.82. The number of aromatic nitrogens is 4. The second kappa shape index (κ2) is 4.17. The normalized spacial score (nSPS) is 11.2. The van der Waals surface area contributed by atoms with Gasteiger partial charge in [0.2, 0.25) is 0 Å². The Kier molecular flexibility index (Phi) is 2.32. The molecule has 0 saturated heterocycles. The van der Waals surface area contributed by atoms with Gasteiger partial charge in [-0.2, -0.15) is 5.10 Å². The molecular formula is C15H11N5O. The minimum absolute atomic E-state index is 0.243. The number of carbonyl (C=O) groups excluding carboxylic acids is 1. The highest BCUT2D eigenvalue weighted by molar-refractivity contribution is 5.85. The number of anilines is 1. The van der Waals surface area contributed by atoms with Crippen molar-refractivity contribution in [1.29, 1.82) is 0 Å². The zero-order chi connectivity index (χ0) is 14.4. The molecule has 0 unspecified atom stereocenters. The number of hydrogen-bond donors (Lipinski definition) is 2. The van der Waals surface area contributed by atoms with Crippen molar-refractivity contribution in [1.82, 2.24) is 19.6 Å². The molecule has 3 heterocycles. The van der Waals surface area contributed by atoms with Gasteiger partial charge in [-0.25, -0.2) is 4.98 Å². The van der Waals surface area contributed by atoms with Gasteiger partial charge in [0.05, 0.1) is 11.7 Å². The standard InChI is InChI=1S/C15H11N5O/c16-15-13(8-21)20-7-10(2-4-14(20)18-15)9-1-3-12-11(5-9)6-17-19-12/h1-8H,16H2,(H,17,19). The molecule has 0 atom stereocenters. The lowest BCUT2D eigenvalue weighted by Gasteiger charge is -2.04. The Morgan fingerprint density at radius 1 is 1.19 bits per heavy atom. The summed E-state index contributed by atoms with van der Waals surface area (Å²) in [5.41, 5.74) is 9.77. The number of nitrogen functional groups attached to an aromatic ring is 1. The third-order valence-electron chi connectivity index (χ3n) is 3.57. The highest BCUT2D eigenvalue weighted by Crippen LogP contribution is 2.25. The largest absolute Gasteiger partial charge is 0.382 e. The second-order valence-corrected chi connectivity index (χ2v) is 4.82. The molecule has 6 nitrogen and oxygen atoms in total. The first kappa shape index (κ1) is 11.7. The number of H-pyrrole nitrogens is 1. The van der Waals surface area contributed by atoms with Crippen LogP contribution in [0.1, 0.15) is 10.5 Å². The van der Waals surface area contributed by atoms with E-state index < -0.39 is 0 Å². The van der Waals surface area contributed by atoms with Gasteiger partial charge in [-0.3, -0.25) is 14.3 Å². The van der Waals surface area contributed by atoms with Gasteiger partial charge in [0.1, 0.15) is 11.3 Å². The molecule has 0 amide bonds. The van der Waals surface area contributed by atoms with Crippen molar-refractivity contribution in [3.63, 3.8) is 0 Å². The van der Waals surface area contributed by atoms with Crippen LogP contribution < -0.4 is 5.73 Å². The van der Waals surface area contributed by atoms with Crippen molar-refractivity contribution >= 4 is 28.7 Å². The number of pyridine rings is 1. The van der Waals surface area contributed by atoms with Gasteiger partial charge < -0.3 is 5.73 Å². The predicted octanol–water partition coefficient (Wildman–Crippen LogP) is 2.27. The number of aromatic amines is 1. The van der Waals surface area contributed by atoms with Crippen LogP contribution in [0, 0.1) is 0 Å². The van der Waals surface area contributed by atoms with Gasteiger partial charge in [0.25, 0.3) is 0 Å². The van der Waals surface area contributed by atoms with E-state index >= 15 is 0 Å². The lowest BCUT2D eigenvalue weighted by molar-refractivity contribution is 0.111. The summed E-state index contributed by atoms with van der Waals surface area (Å²) >= 11 is 0. The zero-order valence-electron chi connectivity index (χ0n) is 10.9. The van der Waals surface area contributed by atoms with Gasteiger partial charge >= 0.3 is 0 Å². The van der Waals surface area contributed by atoms with Gasteiger partial charge in [-0.1, -0.05) is 6.07 Å². The summed E-state index contributed by atoms with van der Waals surface area (Å²) in [5, 5.41) is 7.97. The maximum absolute atomic E-state index is 11.1. The van der Waals surface area contributed by atoms with Crippen LogP contribution in [0.2, 0.25) is 0 Å². The van der Waals surface area contributed by atoms with Crippen LogP contribution in [0.5, 0.6) is 0 Å². The van der Waals surface area contributed by atoms with Crippen molar-refractivity contribution in [3.05, 3.63) is 48.4 Å². The number of benzene rings is 1. The molecule has 0 aliphatic carbocycles. The monoisotopic (exact) mass is 277 g/mol. The molecule has 1 aromatic carbocycles. The van der Waals surface area contributed by atoms with E-state index in [0.717, 1.165) is 28.3 Å². The summed E-state index contributed by atoms with van der Waals surface area (Å²) in [6.07, 6.45) is 4.37. The van der Waals surface area contributed by atoms with E-state index in [2.05, 4.69) is 15.2 Å². The van der Waals surface area contributed by atoms with Crippen LogP contribution in [0.4, 0.5) is 5.82 Å². The summed E-state index contributed by atoms with van der Waals surface area (Å²) < 4.78 is 1.71.